The number of fused-ring (bicyclic) bond motifs is 1. The molecule has 7 fully saturated rings. The average molecular weight is 731 g/mol. The zero-order chi connectivity index (χ0) is 35.3. The summed E-state index contributed by atoms with van der Waals surface area (Å²) < 4.78 is 49.1. The van der Waals surface area contributed by atoms with Gasteiger partial charge in [-0.25, -0.2) is 8.42 Å². The van der Waals surface area contributed by atoms with E-state index in [4.69, 9.17) is 14.2 Å². The first-order valence-electron chi connectivity index (χ1n) is 18.0. The maximum atomic E-state index is 13.5. The van der Waals surface area contributed by atoms with E-state index in [1.54, 1.807) is 0 Å². The molecule has 1 heterocycles. The Labute approximate surface area is 301 Å². The van der Waals surface area contributed by atoms with Crippen molar-refractivity contribution < 1.29 is 41.6 Å². The van der Waals surface area contributed by atoms with Crippen molar-refractivity contribution in [2.24, 2.45) is 46.8 Å². The fraction of sp³-hybridized carbons (Fsp3) is 0.475. The van der Waals surface area contributed by atoms with E-state index in [1.807, 2.05) is 0 Å². The van der Waals surface area contributed by atoms with Gasteiger partial charge in [0.2, 0.25) is 0 Å². The summed E-state index contributed by atoms with van der Waals surface area (Å²) in [5.74, 6) is -2.58. The molecule has 0 amide bonds. The minimum atomic E-state index is -4.51. The van der Waals surface area contributed by atoms with Gasteiger partial charge in [0, 0.05) is 11.8 Å². The summed E-state index contributed by atoms with van der Waals surface area (Å²) in [4.78, 5) is 42.8. The predicted octanol–water partition coefficient (Wildman–Crippen LogP) is 5.79. The van der Waals surface area contributed by atoms with Crippen LogP contribution in [0.4, 0.5) is 0 Å². The molecule has 0 N–H and O–H groups in total. The van der Waals surface area contributed by atoms with Gasteiger partial charge in [0.15, 0.2) is 14.7 Å². The monoisotopic (exact) mass is 730 g/mol. The number of benzene rings is 3. The van der Waals surface area contributed by atoms with Crippen LogP contribution >= 0.6 is 0 Å². The van der Waals surface area contributed by atoms with E-state index in [0.717, 1.165) is 19.3 Å². The minimum Gasteiger partial charge on any atom is -0.748 e. The summed E-state index contributed by atoms with van der Waals surface area (Å²) in [7, 11) is -4.53. The van der Waals surface area contributed by atoms with Crippen LogP contribution in [0, 0.1) is 46.8 Å². The molecule has 10 rings (SSSR count). The topological polar surface area (TPSA) is 136 Å². The number of ether oxygens (including phenoxy) is 3. The lowest BCUT2D eigenvalue weighted by molar-refractivity contribution is -0.187. The standard InChI is InChI=1S/C22H28O9S.C18H15S/c23-19(29-1-2-32(26,27)28)15-13-6-14-16(15)20(24)30-17(14)18(13)31-21(25)22-7-10-3-11(8-22)5-12(4-10)9-22;1-4-10-16(11-5-1)19(17-12-6-2-7-13-17)18-14-8-3-9-15-18/h10-18H,1-9H2,(H,26,27,28);1-15H/q;+1/p-1. The number of esters is 3. The Morgan fingerprint density at radius 2 is 1.25 bits per heavy atom. The second-order valence-electron chi connectivity index (χ2n) is 15.3. The molecule has 6 unspecified atom stereocenters. The van der Waals surface area contributed by atoms with Crippen molar-refractivity contribution in [2.45, 2.75) is 71.8 Å². The van der Waals surface area contributed by atoms with Gasteiger partial charge in [-0.05, 0) is 99.1 Å². The third-order valence-electron chi connectivity index (χ3n) is 12.0. The van der Waals surface area contributed by atoms with Crippen LogP contribution in [0.25, 0.3) is 0 Å². The number of carbonyl (C=O) groups is 3. The Bertz CT molecular complexity index is 1740. The van der Waals surface area contributed by atoms with E-state index < -0.39 is 69.8 Å². The van der Waals surface area contributed by atoms with Crippen LogP contribution in [-0.4, -0.2) is 55.4 Å². The molecule has 0 radical (unpaired) electrons. The number of hydrogen-bond acceptors (Lipinski definition) is 9. The third kappa shape index (κ3) is 6.73. The van der Waals surface area contributed by atoms with Crippen LogP contribution in [0.3, 0.4) is 0 Å². The normalized spacial score (nSPS) is 33.8. The molecule has 6 saturated carbocycles. The molecule has 1 aliphatic heterocycles. The minimum absolute atomic E-state index is 0.0146. The van der Waals surface area contributed by atoms with Crippen molar-refractivity contribution in [1.82, 2.24) is 0 Å². The SMILES string of the molecule is O=C1OC2C3CC(C2OC(=O)C24CC5CC(CC(C5)C2)C4)C(C(=O)OCCS(=O)(=O)[O-])C13.c1ccc([S+](c2ccccc2)c2ccccc2)cc1. The van der Waals surface area contributed by atoms with Crippen molar-refractivity contribution >= 4 is 38.9 Å². The molecule has 51 heavy (non-hydrogen) atoms. The number of hydrogen-bond donors (Lipinski definition) is 0. The van der Waals surface area contributed by atoms with Gasteiger partial charge in [-0.1, -0.05) is 54.6 Å². The van der Waals surface area contributed by atoms with Gasteiger partial charge >= 0.3 is 17.9 Å². The van der Waals surface area contributed by atoms with Gasteiger partial charge < -0.3 is 18.8 Å². The lowest BCUT2D eigenvalue weighted by atomic mass is 9.49. The highest BCUT2D eigenvalue weighted by Crippen LogP contribution is 2.62. The first kappa shape index (κ1) is 34.4. The van der Waals surface area contributed by atoms with Crippen LogP contribution in [0.2, 0.25) is 0 Å². The highest BCUT2D eigenvalue weighted by atomic mass is 32.2. The molecule has 268 valence electrons. The lowest BCUT2D eigenvalue weighted by Crippen LogP contribution is -2.52. The van der Waals surface area contributed by atoms with Gasteiger partial charge in [0.25, 0.3) is 0 Å². The first-order chi connectivity index (χ1) is 24.6. The molecule has 9 nitrogen and oxygen atoms in total. The van der Waals surface area contributed by atoms with Crippen molar-refractivity contribution in [3.63, 3.8) is 0 Å². The summed E-state index contributed by atoms with van der Waals surface area (Å²) >= 11 is 0. The third-order valence-corrected chi connectivity index (χ3v) is 14.9. The molecule has 6 aliphatic carbocycles. The first-order valence-corrected chi connectivity index (χ1v) is 20.8. The summed E-state index contributed by atoms with van der Waals surface area (Å²) in [6, 6.07) is 32.2. The Morgan fingerprint density at radius 1 is 0.765 bits per heavy atom. The maximum absolute atomic E-state index is 13.5. The fourth-order valence-corrected chi connectivity index (χ4v) is 12.9. The summed E-state index contributed by atoms with van der Waals surface area (Å²) in [6.07, 6.45) is 5.52. The van der Waals surface area contributed by atoms with E-state index in [-0.39, 0.29) is 22.8 Å². The van der Waals surface area contributed by atoms with E-state index in [9.17, 15) is 27.4 Å². The highest BCUT2D eigenvalue weighted by molar-refractivity contribution is 7.97. The van der Waals surface area contributed by atoms with Crippen molar-refractivity contribution in [3.8, 4) is 0 Å². The van der Waals surface area contributed by atoms with Gasteiger partial charge in [-0.15, -0.1) is 0 Å². The molecule has 11 heteroatoms. The van der Waals surface area contributed by atoms with Crippen LogP contribution in [0.15, 0.2) is 106 Å². The van der Waals surface area contributed by atoms with Gasteiger partial charge in [-0.2, -0.15) is 0 Å². The fourth-order valence-electron chi connectivity index (χ4n) is 10.5. The summed E-state index contributed by atoms with van der Waals surface area (Å²) in [5, 5.41) is 0. The molecule has 3 aromatic carbocycles. The molecule has 6 atom stereocenters. The summed E-state index contributed by atoms with van der Waals surface area (Å²) in [5.41, 5.74) is -0.447. The second-order valence-corrected chi connectivity index (χ2v) is 18.8. The van der Waals surface area contributed by atoms with Gasteiger partial charge in [0.05, 0.1) is 44.0 Å². The van der Waals surface area contributed by atoms with E-state index >= 15 is 0 Å². The Morgan fingerprint density at radius 3 is 1.73 bits per heavy atom. The van der Waals surface area contributed by atoms with Gasteiger partial charge in [0.1, 0.15) is 18.8 Å². The zero-order valence-electron chi connectivity index (χ0n) is 28.2. The van der Waals surface area contributed by atoms with Crippen LogP contribution in [0.5, 0.6) is 0 Å². The average Bonchev–Trinajstić information content (AvgIpc) is 3.73. The predicted molar refractivity (Wildman–Crippen MR) is 186 cm³/mol. The van der Waals surface area contributed by atoms with Crippen LogP contribution in [-0.2, 0) is 49.6 Å². The largest absolute Gasteiger partial charge is 0.748 e. The van der Waals surface area contributed by atoms with Crippen molar-refractivity contribution in [2.75, 3.05) is 12.4 Å². The Kier molecular flexibility index (Phi) is 9.25. The van der Waals surface area contributed by atoms with E-state index in [0.29, 0.717) is 24.2 Å². The quantitative estimate of drug-likeness (QED) is 0.116. The Balaban J connectivity index is 0.000000168. The smallest absolute Gasteiger partial charge is 0.312 e. The number of carbonyl (C=O) groups excluding carboxylic acids is 3. The highest BCUT2D eigenvalue weighted by Gasteiger charge is 2.70. The molecule has 6 bridgehead atoms. The molecule has 7 aliphatic rings. The maximum Gasteiger partial charge on any atom is 0.312 e. The molecule has 0 aromatic heterocycles. The second kappa shape index (κ2) is 13.7. The van der Waals surface area contributed by atoms with Crippen LogP contribution in [0.1, 0.15) is 44.9 Å². The van der Waals surface area contributed by atoms with E-state index in [1.165, 1.54) is 33.9 Å². The van der Waals surface area contributed by atoms with E-state index in [2.05, 4.69) is 91.0 Å². The zero-order valence-corrected chi connectivity index (χ0v) is 29.8. The van der Waals surface area contributed by atoms with Gasteiger partial charge in [-0.3, -0.25) is 14.4 Å². The number of rotatable bonds is 9. The molecular weight excluding hydrogens is 689 g/mol. The van der Waals surface area contributed by atoms with Crippen molar-refractivity contribution in [1.29, 1.82) is 0 Å². The van der Waals surface area contributed by atoms with Crippen LogP contribution < -0.4 is 0 Å². The lowest BCUT2D eigenvalue weighted by Gasteiger charge is -2.55. The summed E-state index contributed by atoms with van der Waals surface area (Å²) in [6.45, 7) is -0.554. The molecule has 1 saturated heterocycles. The Hall–Kier alpha value is -3.67. The molecule has 0 spiro atoms. The van der Waals surface area contributed by atoms with Crippen molar-refractivity contribution in [3.05, 3.63) is 91.0 Å². The molecule has 3 aromatic rings. The molecular formula is C40H42O9S2.